The number of hydrazine groups is 1. The highest BCUT2D eigenvalue weighted by atomic mass is 19.4. The van der Waals surface area contributed by atoms with Gasteiger partial charge in [-0.3, -0.25) is 10.2 Å². The van der Waals surface area contributed by atoms with Crippen molar-refractivity contribution in [1.29, 1.82) is 0 Å². The highest BCUT2D eigenvalue weighted by Gasteiger charge is 2.52. The standard InChI is InChI=1S/C18H19F3N2O2/c1-17(2)10-15(24)22-23(17)16(18(19,20)21)12-5-4-11-6-7-14(25-3)9-13(11)8-12/h4-9,16H,10H2,1-3H3,(H,22,24). The van der Waals surface area contributed by atoms with Crippen molar-refractivity contribution in [3.63, 3.8) is 0 Å². The number of methoxy groups -OCH3 is 1. The summed E-state index contributed by atoms with van der Waals surface area (Å²) < 4.78 is 46.7. The fourth-order valence-electron chi connectivity index (χ4n) is 3.24. The molecule has 134 valence electrons. The predicted molar refractivity (Wildman–Crippen MR) is 88.0 cm³/mol. The Bertz CT molecular complexity index is 818. The van der Waals surface area contributed by atoms with Crippen molar-refractivity contribution < 1.29 is 22.7 Å². The molecule has 2 aromatic carbocycles. The summed E-state index contributed by atoms with van der Waals surface area (Å²) in [6, 6.07) is 7.91. The molecule has 1 unspecified atom stereocenters. The number of alkyl halides is 3. The van der Waals surface area contributed by atoms with Gasteiger partial charge in [0, 0.05) is 12.0 Å². The van der Waals surface area contributed by atoms with Gasteiger partial charge in [-0.15, -0.1) is 0 Å². The normalized spacial score (nSPS) is 19.0. The SMILES string of the molecule is COc1ccc2ccc(C(N3NC(=O)CC3(C)C)C(F)(F)F)cc2c1. The van der Waals surface area contributed by atoms with Crippen LogP contribution in [0.1, 0.15) is 31.9 Å². The van der Waals surface area contributed by atoms with Crippen molar-refractivity contribution in [2.24, 2.45) is 0 Å². The summed E-state index contributed by atoms with van der Waals surface area (Å²) in [6.45, 7) is 3.24. The van der Waals surface area contributed by atoms with Gasteiger partial charge in [0.2, 0.25) is 5.91 Å². The highest BCUT2D eigenvalue weighted by Crippen LogP contribution is 2.43. The molecule has 0 aliphatic carbocycles. The smallest absolute Gasteiger partial charge is 0.409 e. The van der Waals surface area contributed by atoms with Crippen molar-refractivity contribution in [3.05, 3.63) is 42.0 Å². The molecular formula is C18H19F3N2O2. The first-order valence-corrected chi connectivity index (χ1v) is 7.85. The Hall–Kier alpha value is -2.28. The Morgan fingerprint density at radius 2 is 1.84 bits per heavy atom. The van der Waals surface area contributed by atoms with Gasteiger partial charge in [0.15, 0.2) is 6.04 Å². The van der Waals surface area contributed by atoms with Crippen molar-refractivity contribution >= 4 is 16.7 Å². The van der Waals surface area contributed by atoms with Crippen LogP contribution >= 0.6 is 0 Å². The lowest BCUT2D eigenvalue weighted by Gasteiger charge is -2.38. The Balaban J connectivity index is 2.11. The van der Waals surface area contributed by atoms with Crippen LogP contribution in [-0.4, -0.2) is 29.7 Å². The van der Waals surface area contributed by atoms with E-state index in [4.69, 9.17) is 4.74 Å². The van der Waals surface area contributed by atoms with E-state index in [1.54, 1.807) is 38.1 Å². The zero-order valence-corrected chi connectivity index (χ0v) is 14.1. The fraction of sp³-hybridized carbons (Fsp3) is 0.389. The first-order chi connectivity index (χ1) is 11.6. The number of carbonyl (C=O) groups excluding carboxylic acids is 1. The van der Waals surface area contributed by atoms with Gasteiger partial charge in [-0.25, -0.2) is 0 Å². The Kier molecular flexibility index (Phi) is 4.15. The number of hydrogen-bond donors (Lipinski definition) is 1. The minimum absolute atomic E-state index is 0.0149. The average Bonchev–Trinajstić information content (AvgIpc) is 2.77. The predicted octanol–water partition coefficient (Wildman–Crippen LogP) is 3.97. The van der Waals surface area contributed by atoms with Gasteiger partial charge in [0.25, 0.3) is 0 Å². The second-order valence-electron chi connectivity index (χ2n) is 6.81. The first-order valence-electron chi connectivity index (χ1n) is 7.85. The second kappa shape index (κ2) is 5.91. The number of benzene rings is 2. The number of amides is 1. The minimum atomic E-state index is -4.54. The molecular weight excluding hydrogens is 333 g/mol. The van der Waals surface area contributed by atoms with E-state index < -0.39 is 23.7 Å². The van der Waals surface area contributed by atoms with E-state index in [0.717, 1.165) is 10.4 Å². The molecule has 0 bridgehead atoms. The minimum Gasteiger partial charge on any atom is -0.497 e. The molecule has 1 N–H and O–H groups in total. The molecule has 0 saturated carbocycles. The van der Waals surface area contributed by atoms with Crippen LogP contribution in [0, 0.1) is 0 Å². The zero-order chi connectivity index (χ0) is 18.4. The molecule has 1 aliphatic rings. The summed E-state index contributed by atoms with van der Waals surface area (Å²) in [6.07, 6.45) is -4.53. The number of rotatable bonds is 3. The van der Waals surface area contributed by atoms with Crippen molar-refractivity contribution in [2.75, 3.05) is 7.11 Å². The Labute approximate surface area is 143 Å². The average molecular weight is 352 g/mol. The highest BCUT2D eigenvalue weighted by molar-refractivity contribution is 5.85. The van der Waals surface area contributed by atoms with Crippen molar-refractivity contribution in [2.45, 2.75) is 38.0 Å². The van der Waals surface area contributed by atoms with Crippen LogP contribution < -0.4 is 10.2 Å². The van der Waals surface area contributed by atoms with E-state index in [0.29, 0.717) is 11.1 Å². The molecule has 1 heterocycles. The largest absolute Gasteiger partial charge is 0.497 e. The molecule has 25 heavy (non-hydrogen) atoms. The van der Waals surface area contributed by atoms with Crippen LogP contribution in [0.5, 0.6) is 5.75 Å². The maximum atomic E-state index is 13.9. The van der Waals surface area contributed by atoms with Crippen LogP contribution in [0.25, 0.3) is 10.8 Å². The summed E-state index contributed by atoms with van der Waals surface area (Å²) in [5.74, 6) is 0.157. The number of hydrogen-bond acceptors (Lipinski definition) is 3. The topological polar surface area (TPSA) is 41.6 Å². The number of halogens is 3. The number of carbonyl (C=O) groups is 1. The lowest BCUT2D eigenvalue weighted by Crippen LogP contribution is -2.51. The molecule has 1 aliphatic heterocycles. The molecule has 0 aromatic heterocycles. The summed E-state index contributed by atoms with van der Waals surface area (Å²) >= 11 is 0. The maximum absolute atomic E-state index is 13.9. The van der Waals surface area contributed by atoms with Gasteiger partial charge in [0.1, 0.15) is 5.75 Å². The quantitative estimate of drug-likeness (QED) is 0.909. The van der Waals surface area contributed by atoms with Crippen LogP contribution in [-0.2, 0) is 4.79 Å². The third-order valence-corrected chi connectivity index (χ3v) is 4.45. The molecule has 0 radical (unpaired) electrons. The monoisotopic (exact) mass is 352 g/mol. The van der Waals surface area contributed by atoms with E-state index in [2.05, 4.69) is 5.43 Å². The van der Waals surface area contributed by atoms with E-state index in [1.807, 2.05) is 0 Å². The van der Waals surface area contributed by atoms with Gasteiger partial charge in [-0.05, 0) is 48.4 Å². The van der Waals surface area contributed by atoms with Crippen LogP contribution in [0.4, 0.5) is 13.2 Å². The molecule has 2 aromatic rings. The van der Waals surface area contributed by atoms with Gasteiger partial charge < -0.3 is 4.74 Å². The number of nitrogens with zero attached hydrogens (tertiary/aromatic N) is 1. The molecule has 1 fully saturated rings. The summed E-state index contributed by atoms with van der Waals surface area (Å²) in [7, 11) is 1.51. The molecule has 1 amide bonds. The Morgan fingerprint density at radius 3 is 2.40 bits per heavy atom. The molecule has 0 spiro atoms. The number of ether oxygens (including phenoxy) is 1. The van der Waals surface area contributed by atoms with Gasteiger partial charge >= 0.3 is 6.18 Å². The third-order valence-electron chi connectivity index (χ3n) is 4.45. The van der Waals surface area contributed by atoms with Crippen molar-refractivity contribution in [1.82, 2.24) is 10.4 Å². The molecule has 7 heteroatoms. The lowest BCUT2D eigenvalue weighted by atomic mass is 9.95. The lowest BCUT2D eigenvalue weighted by molar-refractivity contribution is -0.203. The van der Waals surface area contributed by atoms with Crippen LogP contribution in [0.3, 0.4) is 0 Å². The van der Waals surface area contributed by atoms with E-state index in [9.17, 15) is 18.0 Å². The van der Waals surface area contributed by atoms with Gasteiger partial charge in [-0.2, -0.15) is 18.2 Å². The van der Waals surface area contributed by atoms with Crippen LogP contribution in [0.2, 0.25) is 0 Å². The fourth-order valence-corrected chi connectivity index (χ4v) is 3.24. The van der Waals surface area contributed by atoms with Gasteiger partial charge in [0.05, 0.1) is 7.11 Å². The molecule has 4 nitrogen and oxygen atoms in total. The molecule has 3 rings (SSSR count). The second-order valence-corrected chi connectivity index (χ2v) is 6.81. The van der Waals surface area contributed by atoms with E-state index in [-0.39, 0.29) is 12.0 Å². The first kappa shape index (κ1) is 17.5. The number of fused-ring (bicyclic) bond motifs is 1. The van der Waals surface area contributed by atoms with Gasteiger partial charge in [-0.1, -0.05) is 18.2 Å². The van der Waals surface area contributed by atoms with Crippen molar-refractivity contribution in [3.8, 4) is 5.75 Å². The third kappa shape index (κ3) is 3.28. The molecule has 1 atom stereocenters. The summed E-state index contributed by atoms with van der Waals surface area (Å²) in [5, 5.41) is 2.47. The van der Waals surface area contributed by atoms with E-state index >= 15 is 0 Å². The summed E-state index contributed by atoms with van der Waals surface area (Å²) in [4.78, 5) is 11.7. The zero-order valence-electron chi connectivity index (χ0n) is 14.1. The molecule has 1 saturated heterocycles. The number of nitrogens with one attached hydrogen (secondary N) is 1. The summed E-state index contributed by atoms with van der Waals surface area (Å²) in [5.41, 5.74) is 1.50. The maximum Gasteiger partial charge on any atom is 0.409 e. The van der Waals surface area contributed by atoms with E-state index in [1.165, 1.54) is 19.2 Å². The Morgan fingerprint density at radius 1 is 1.16 bits per heavy atom. The van der Waals surface area contributed by atoms with Crippen LogP contribution in [0.15, 0.2) is 36.4 Å².